The van der Waals surface area contributed by atoms with E-state index >= 15 is 0 Å². The molecule has 0 unspecified atom stereocenters. The number of benzene rings is 1. The standard InChI is InChI=1S/C17H28N2O2/c1-13(2)12-21-15-8-6-14(7-9-15)10-11-18-16(20)19-17(3,4)5/h6-9,13H,10-12H2,1-5H3,(H2,18,19,20). The average Bonchev–Trinajstić information content (AvgIpc) is 2.35. The second kappa shape index (κ2) is 7.91. The molecule has 2 N–H and O–H groups in total. The summed E-state index contributed by atoms with van der Waals surface area (Å²) in [6.45, 7) is 11.5. The maximum atomic E-state index is 11.6. The van der Waals surface area contributed by atoms with E-state index in [1.165, 1.54) is 5.56 Å². The molecule has 1 aromatic rings. The Morgan fingerprint density at radius 2 is 1.81 bits per heavy atom. The second-order valence-electron chi connectivity index (χ2n) is 6.73. The third kappa shape index (κ3) is 8.23. The van der Waals surface area contributed by atoms with Gasteiger partial charge in [-0.25, -0.2) is 4.79 Å². The van der Waals surface area contributed by atoms with Gasteiger partial charge in [0.1, 0.15) is 5.75 Å². The Morgan fingerprint density at radius 1 is 1.19 bits per heavy atom. The van der Waals surface area contributed by atoms with E-state index in [0.717, 1.165) is 18.8 Å². The van der Waals surface area contributed by atoms with Crippen LogP contribution in [0.2, 0.25) is 0 Å². The van der Waals surface area contributed by atoms with Crippen molar-refractivity contribution in [1.29, 1.82) is 0 Å². The predicted octanol–water partition coefficient (Wildman–Crippen LogP) is 3.36. The molecule has 0 atom stereocenters. The summed E-state index contributed by atoms with van der Waals surface area (Å²) in [6, 6.07) is 7.91. The van der Waals surface area contributed by atoms with Gasteiger partial charge in [-0.3, -0.25) is 0 Å². The summed E-state index contributed by atoms with van der Waals surface area (Å²) in [6.07, 6.45) is 0.808. The Hall–Kier alpha value is -1.71. The SMILES string of the molecule is CC(C)COc1ccc(CCNC(=O)NC(C)(C)C)cc1. The summed E-state index contributed by atoms with van der Waals surface area (Å²) < 4.78 is 5.64. The van der Waals surface area contributed by atoms with Gasteiger partial charge >= 0.3 is 6.03 Å². The number of carbonyl (C=O) groups is 1. The maximum absolute atomic E-state index is 11.6. The van der Waals surface area contributed by atoms with Crippen molar-refractivity contribution >= 4 is 6.03 Å². The van der Waals surface area contributed by atoms with E-state index in [4.69, 9.17) is 4.74 Å². The highest BCUT2D eigenvalue weighted by atomic mass is 16.5. The molecule has 0 spiro atoms. The van der Waals surface area contributed by atoms with Crippen molar-refractivity contribution in [3.63, 3.8) is 0 Å². The third-order valence-corrected chi connectivity index (χ3v) is 2.69. The zero-order valence-corrected chi connectivity index (χ0v) is 13.8. The number of ether oxygens (including phenoxy) is 1. The van der Waals surface area contributed by atoms with E-state index in [1.807, 2.05) is 45.0 Å². The number of rotatable bonds is 6. The molecule has 4 heteroatoms. The first-order valence-corrected chi connectivity index (χ1v) is 7.54. The fraction of sp³-hybridized carbons (Fsp3) is 0.588. The van der Waals surface area contributed by atoms with Crippen LogP contribution in [0.1, 0.15) is 40.2 Å². The van der Waals surface area contributed by atoms with Gasteiger partial charge in [-0.15, -0.1) is 0 Å². The number of carbonyl (C=O) groups excluding carboxylic acids is 1. The summed E-state index contributed by atoms with van der Waals surface area (Å²) in [5.74, 6) is 1.42. The first-order valence-electron chi connectivity index (χ1n) is 7.54. The van der Waals surface area contributed by atoms with E-state index in [9.17, 15) is 4.79 Å². The Balaban J connectivity index is 2.31. The molecule has 118 valence electrons. The third-order valence-electron chi connectivity index (χ3n) is 2.69. The van der Waals surface area contributed by atoms with Crippen LogP contribution in [-0.4, -0.2) is 24.7 Å². The van der Waals surface area contributed by atoms with Crippen LogP contribution in [-0.2, 0) is 6.42 Å². The van der Waals surface area contributed by atoms with Crippen LogP contribution in [0.25, 0.3) is 0 Å². The van der Waals surface area contributed by atoms with Crippen LogP contribution >= 0.6 is 0 Å². The number of hydrogen-bond acceptors (Lipinski definition) is 2. The largest absolute Gasteiger partial charge is 0.493 e. The van der Waals surface area contributed by atoms with Crippen molar-refractivity contribution in [2.45, 2.75) is 46.6 Å². The van der Waals surface area contributed by atoms with Crippen molar-refractivity contribution in [2.75, 3.05) is 13.2 Å². The molecule has 1 aromatic carbocycles. The zero-order valence-electron chi connectivity index (χ0n) is 13.8. The molecule has 0 aliphatic carbocycles. The molecule has 0 radical (unpaired) electrons. The number of nitrogens with one attached hydrogen (secondary N) is 2. The van der Waals surface area contributed by atoms with Gasteiger partial charge in [-0.2, -0.15) is 0 Å². The molecular weight excluding hydrogens is 264 g/mol. The highest BCUT2D eigenvalue weighted by Crippen LogP contribution is 2.13. The smallest absolute Gasteiger partial charge is 0.315 e. The van der Waals surface area contributed by atoms with E-state index in [2.05, 4.69) is 24.5 Å². The number of amides is 2. The normalized spacial score (nSPS) is 11.3. The highest BCUT2D eigenvalue weighted by molar-refractivity contribution is 5.74. The predicted molar refractivity (Wildman–Crippen MR) is 86.8 cm³/mol. The number of hydrogen-bond donors (Lipinski definition) is 2. The van der Waals surface area contributed by atoms with Crippen molar-refractivity contribution in [3.8, 4) is 5.75 Å². The molecule has 4 nitrogen and oxygen atoms in total. The van der Waals surface area contributed by atoms with Crippen LogP contribution < -0.4 is 15.4 Å². The monoisotopic (exact) mass is 292 g/mol. The van der Waals surface area contributed by atoms with Crippen molar-refractivity contribution in [1.82, 2.24) is 10.6 Å². The minimum absolute atomic E-state index is 0.126. The Kier molecular flexibility index (Phi) is 6.53. The minimum Gasteiger partial charge on any atom is -0.493 e. The Labute approximate surface area is 128 Å². The van der Waals surface area contributed by atoms with Crippen LogP contribution in [0.4, 0.5) is 4.79 Å². The Morgan fingerprint density at radius 3 is 2.33 bits per heavy atom. The average molecular weight is 292 g/mol. The van der Waals surface area contributed by atoms with E-state index in [1.54, 1.807) is 0 Å². The van der Waals surface area contributed by atoms with Gasteiger partial charge in [0.2, 0.25) is 0 Å². The maximum Gasteiger partial charge on any atom is 0.315 e. The second-order valence-corrected chi connectivity index (χ2v) is 6.73. The Bertz CT molecular complexity index is 433. The molecule has 21 heavy (non-hydrogen) atoms. The van der Waals surface area contributed by atoms with Gasteiger partial charge in [0, 0.05) is 12.1 Å². The van der Waals surface area contributed by atoms with E-state index in [0.29, 0.717) is 12.5 Å². The molecule has 0 saturated carbocycles. The molecule has 0 fully saturated rings. The summed E-state index contributed by atoms with van der Waals surface area (Å²) in [5, 5.41) is 5.73. The molecule has 0 aliphatic heterocycles. The quantitative estimate of drug-likeness (QED) is 0.844. The van der Waals surface area contributed by atoms with Crippen LogP contribution in [0.5, 0.6) is 5.75 Å². The summed E-state index contributed by atoms with van der Waals surface area (Å²) >= 11 is 0. The van der Waals surface area contributed by atoms with Crippen molar-refractivity contribution in [3.05, 3.63) is 29.8 Å². The summed E-state index contributed by atoms with van der Waals surface area (Å²) in [5.41, 5.74) is 0.974. The molecule has 0 heterocycles. The van der Waals surface area contributed by atoms with Gasteiger partial charge in [0.25, 0.3) is 0 Å². The van der Waals surface area contributed by atoms with Crippen molar-refractivity contribution < 1.29 is 9.53 Å². The lowest BCUT2D eigenvalue weighted by Gasteiger charge is -2.20. The van der Waals surface area contributed by atoms with E-state index < -0.39 is 0 Å². The van der Waals surface area contributed by atoms with Crippen LogP contribution in [0.15, 0.2) is 24.3 Å². The lowest BCUT2D eigenvalue weighted by atomic mass is 10.1. The van der Waals surface area contributed by atoms with Gasteiger partial charge in [-0.1, -0.05) is 26.0 Å². The van der Waals surface area contributed by atoms with Gasteiger partial charge in [0.05, 0.1) is 6.61 Å². The topological polar surface area (TPSA) is 50.4 Å². The number of urea groups is 1. The van der Waals surface area contributed by atoms with Crippen LogP contribution in [0, 0.1) is 5.92 Å². The minimum atomic E-state index is -0.209. The van der Waals surface area contributed by atoms with Gasteiger partial charge < -0.3 is 15.4 Å². The molecule has 0 aliphatic rings. The first-order chi connectivity index (χ1) is 9.76. The fourth-order valence-electron chi connectivity index (χ4n) is 1.72. The lowest BCUT2D eigenvalue weighted by Crippen LogP contribution is -2.46. The van der Waals surface area contributed by atoms with E-state index in [-0.39, 0.29) is 11.6 Å². The summed E-state index contributed by atoms with van der Waals surface area (Å²) in [4.78, 5) is 11.6. The lowest BCUT2D eigenvalue weighted by molar-refractivity contribution is 0.232. The van der Waals surface area contributed by atoms with Crippen molar-refractivity contribution in [2.24, 2.45) is 5.92 Å². The molecule has 0 bridgehead atoms. The molecule has 0 saturated heterocycles. The molecule has 0 aromatic heterocycles. The van der Waals surface area contributed by atoms with Gasteiger partial charge in [-0.05, 0) is 50.8 Å². The molecule has 1 rings (SSSR count). The fourth-order valence-corrected chi connectivity index (χ4v) is 1.72. The van der Waals surface area contributed by atoms with Crippen LogP contribution in [0.3, 0.4) is 0 Å². The van der Waals surface area contributed by atoms with Gasteiger partial charge in [0.15, 0.2) is 0 Å². The zero-order chi connectivity index (χ0) is 15.9. The highest BCUT2D eigenvalue weighted by Gasteiger charge is 2.12. The summed E-state index contributed by atoms with van der Waals surface area (Å²) in [7, 11) is 0. The first kappa shape index (κ1) is 17.3. The molecular formula is C17H28N2O2. The molecule has 2 amide bonds.